The van der Waals surface area contributed by atoms with Crippen molar-refractivity contribution >= 4 is 17.9 Å². The SMILES string of the molecule is CCCCCCCCCCCCC/C=C/CC[N+](C(CCC)C(=O)[O-])(C(CCC)C(=O)O)C(CCC)C(=O)O. The molecule has 0 heterocycles. The molecular formula is C32H59NO6. The average Bonchev–Trinajstić information content (AvgIpc) is 2.89. The number of nitrogens with zero attached hydrogens (tertiary/aromatic N) is 1. The van der Waals surface area contributed by atoms with Crippen LogP contribution < -0.4 is 5.11 Å². The fourth-order valence-corrected chi connectivity index (χ4v) is 6.09. The Kier molecular flexibility index (Phi) is 21.8. The van der Waals surface area contributed by atoms with Gasteiger partial charge < -0.3 is 20.1 Å². The van der Waals surface area contributed by atoms with E-state index in [1.165, 1.54) is 64.2 Å². The number of allylic oxidation sites excluding steroid dienone is 1. The summed E-state index contributed by atoms with van der Waals surface area (Å²) in [5.41, 5.74) is 0. The van der Waals surface area contributed by atoms with Crippen molar-refractivity contribution in [1.82, 2.24) is 0 Å². The summed E-state index contributed by atoms with van der Waals surface area (Å²) in [4.78, 5) is 37.5. The van der Waals surface area contributed by atoms with E-state index in [2.05, 4.69) is 13.0 Å². The van der Waals surface area contributed by atoms with Gasteiger partial charge in [0.2, 0.25) is 0 Å². The monoisotopic (exact) mass is 553 g/mol. The maximum atomic E-state index is 12.5. The summed E-state index contributed by atoms with van der Waals surface area (Å²) in [6.07, 6.45) is 21.7. The minimum absolute atomic E-state index is 0.154. The highest BCUT2D eigenvalue weighted by Crippen LogP contribution is 2.33. The van der Waals surface area contributed by atoms with E-state index < -0.39 is 40.5 Å². The molecule has 2 N–H and O–H groups in total. The van der Waals surface area contributed by atoms with Crippen molar-refractivity contribution in [3.8, 4) is 0 Å². The van der Waals surface area contributed by atoms with Gasteiger partial charge >= 0.3 is 11.9 Å². The lowest BCUT2D eigenvalue weighted by molar-refractivity contribution is -0.974. The number of unbranched alkanes of at least 4 members (excludes halogenated alkanes) is 11. The Bertz CT molecular complexity index is 632. The van der Waals surface area contributed by atoms with Crippen LogP contribution >= 0.6 is 0 Å². The first-order chi connectivity index (χ1) is 18.7. The Morgan fingerprint density at radius 3 is 1.36 bits per heavy atom. The predicted octanol–water partition coefficient (Wildman–Crippen LogP) is 6.88. The van der Waals surface area contributed by atoms with Crippen molar-refractivity contribution in [3.63, 3.8) is 0 Å². The van der Waals surface area contributed by atoms with Gasteiger partial charge in [-0.15, -0.1) is 0 Å². The lowest BCUT2D eigenvalue weighted by atomic mass is 9.91. The van der Waals surface area contributed by atoms with Gasteiger partial charge in [0.05, 0.1) is 12.5 Å². The van der Waals surface area contributed by atoms with E-state index in [4.69, 9.17) is 0 Å². The van der Waals surface area contributed by atoms with E-state index in [-0.39, 0.29) is 25.8 Å². The zero-order valence-corrected chi connectivity index (χ0v) is 25.5. The van der Waals surface area contributed by atoms with Crippen LogP contribution in [0.5, 0.6) is 0 Å². The van der Waals surface area contributed by atoms with Crippen LogP contribution in [-0.4, -0.2) is 57.3 Å². The van der Waals surface area contributed by atoms with E-state index in [1.54, 1.807) is 0 Å². The molecule has 0 fully saturated rings. The number of carboxylic acids is 3. The summed E-state index contributed by atoms with van der Waals surface area (Å²) >= 11 is 0. The van der Waals surface area contributed by atoms with Gasteiger partial charge in [0.1, 0.15) is 6.04 Å². The summed E-state index contributed by atoms with van der Waals surface area (Å²) < 4.78 is -0.481. The van der Waals surface area contributed by atoms with Crippen LogP contribution in [0.25, 0.3) is 0 Å². The average molecular weight is 554 g/mol. The maximum absolute atomic E-state index is 12.5. The molecule has 3 atom stereocenters. The highest BCUT2D eigenvalue weighted by molar-refractivity contribution is 5.77. The number of hydrogen-bond acceptors (Lipinski definition) is 4. The van der Waals surface area contributed by atoms with E-state index in [0.29, 0.717) is 25.7 Å². The first-order valence-electron chi connectivity index (χ1n) is 15.9. The van der Waals surface area contributed by atoms with Crippen LogP contribution in [0.1, 0.15) is 150 Å². The topological polar surface area (TPSA) is 115 Å². The second kappa shape index (κ2) is 22.9. The van der Waals surface area contributed by atoms with Gasteiger partial charge in [0, 0.05) is 25.7 Å². The van der Waals surface area contributed by atoms with Crippen molar-refractivity contribution in [1.29, 1.82) is 0 Å². The minimum atomic E-state index is -1.36. The second-order valence-corrected chi connectivity index (χ2v) is 11.2. The standard InChI is InChI=1S/C32H59NO6/c1-5-9-10-11-12-13-14-15-16-17-18-19-20-21-22-26-33(27(23-6-2)30(34)35,28(24-7-3)31(36)37)29(25-8-4)32(38)39/h20-21,27-29H,5-19,22-26H2,1-4H3,(H2-,34,35,36,37,38,39)/b21-20+. The molecule has 0 saturated carbocycles. The number of carbonyl (C=O) groups excluding carboxylic acids is 1. The molecule has 0 aromatic heterocycles. The number of carbonyl (C=O) groups is 3. The van der Waals surface area contributed by atoms with E-state index >= 15 is 0 Å². The molecule has 0 saturated heterocycles. The van der Waals surface area contributed by atoms with Crippen molar-refractivity contribution in [2.45, 2.75) is 168 Å². The fourth-order valence-electron chi connectivity index (χ4n) is 6.09. The molecule has 0 spiro atoms. The Hall–Kier alpha value is -1.89. The number of rotatable bonds is 27. The molecule has 39 heavy (non-hydrogen) atoms. The first-order valence-corrected chi connectivity index (χ1v) is 15.9. The molecule has 0 radical (unpaired) electrons. The van der Waals surface area contributed by atoms with Gasteiger partial charge in [-0.1, -0.05) is 110 Å². The van der Waals surface area contributed by atoms with Gasteiger partial charge in [0.25, 0.3) is 0 Å². The molecule has 7 heteroatoms. The molecule has 0 aliphatic heterocycles. The Morgan fingerprint density at radius 2 is 0.974 bits per heavy atom. The van der Waals surface area contributed by atoms with Crippen LogP contribution in [-0.2, 0) is 14.4 Å². The third-order valence-electron chi connectivity index (χ3n) is 8.09. The fraction of sp³-hybridized carbons (Fsp3) is 0.844. The maximum Gasteiger partial charge on any atom is 0.362 e. The zero-order valence-electron chi connectivity index (χ0n) is 25.5. The molecular weight excluding hydrogens is 494 g/mol. The zero-order chi connectivity index (χ0) is 29.5. The number of carboxylic acid groups (broad SMARTS) is 3. The summed E-state index contributed by atoms with van der Waals surface area (Å²) in [7, 11) is 0. The van der Waals surface area contributed by atoms with Gasteiger partial charge in [-0.25, -0.2) is 9.59 Å². The predicted molar refractivity (Wildman–Crippen MR) is 156 cm³/mol. The van der Waals surface area contributed by atoms with E-state index in [0.717, 1.165) is 12.8 Å². The summed E-state index contributed by atoms with van der Waals surface area (Å²) in [5.74, 6) is -3.62. The highest BCUT2D eigenvalue weighted by Gasteiger charge is 2.54. The largest absolute Gasteiger partial charge is 0.544 e. The smallest absolute Gasteiger partial charge is 0.362 e. The van der Waals surface area contributed by atoms with Crippen molar-refractivity contribution in [2.75, 3.05) is 6.54 Å². The van der Waals surface area contributed by atoms with Crippen LogP contribution in [0.15, 0.2) is 12.2 Å². The molecule has 0 bridgehead atoms. The van der Waals surface area contributed by atoms with Gasteiger partial charge in [-0.3, -0.25) is 4.48 Å². The molecule has 7 nitrogen and oxygen atoms in total. The third kappa shape index (κ3) is 13.8. The molecule has 0 aromatic rings. The Balaban J connectivity index is 5.32. The van der Waals surface area contributed by atoms with Crippen LogP contribution in [0.4, 0.5) is 0 Å². The van der Waals surface area contributed by atoms with Gasteiger partial charge in [-0.2, -0.15) is 0 Å². The molecule has 0 rings (SSSR count). The van der Waals surface area contributed by atoms with Crippen molar-refractivity contribution in [3.05, 3.63) is 12.2 Å². The van der Waals surface area contributed by atoms with Crippen LogP contribution in [0, 0.1) is 0 Å². The summed E-state index contributed by atoms with van der Waals surface area (Å²) in [6.45, 7) is 7.93. The normalized spacial score (nSPS) is 15.6. The van der Waals surface area contributed by atoms with Crippen LogP contribution in [0.2, 0.25) is 0 Å². The second-order valence-electron chi connectivity index (χ2n) is 11.2. The molecule has 0 aliphatic rings. The first kappa shape index (κ1) is 37.1. The van der Waals surface area contributed by atoms with Crippen molar-refractivity contribution < 1.29 is 34.2 Å². The Labute approximate surface area is 238 Å². The van der Waals surface area contributed by atoms with Gasteiger partial charge in [0.15, 0.2) is 12.1 Å². The molecule has 0 aliphatic carbocycles. The number of quaternary nitrogens is 1. The van der Waals surface area contributed by atoms with Gasteiger partial charge in [-0.05, 0) is 25.7 Å². The quantitative estimate of drug-likeness (QED) is 0.0651. The van der Waals surface area contributed by atoms with E-state index in [9.17, 15) is 29.7 Å². The lowest BCUT2D eigenvalue weighted by Gasteiger charge is -2.52. The summed E-state index contributed by atoms with van der Waals surface area (Å²) in [6, 6.07) is -3.41. The molecule has 228 valence electrons. The number of aliphatic carboxylic acids is 3. The molecule has 0 aromatic carbocycles. The minimum Gasteiger partial charge on any atom is -0.544 e. The summed E-state index contributed by atoms with van der Waals surface area (Å²) in [5, 5.41) is 32.9. The lowest BCUT2D eigenvalue weighted by Crippen LogP contribution is -2.74. The third-order valence-corrected chi connectivity index (χ3v) is 8.09. The van der Waals surface area contributed by atoms with E-state index in [1.807, 2.05) is 26.8 Å². The Morgan fingerprint density at radius 1 is 0.590 bits per heavy atom. The molecule has 3 unspecified atom stereocenters. The highest BCUT2D eigenvalue weighted by atomic mass is 16.4. The van der Waals surface area contributed by atoms with Crippen molar-refractivity contribution in [2.24, 2.45) is 0 Å². The number of hydrogen-bond donors (Lipinski definition) is 2. The van der Waals surface area contributed by atoms with Crippen LogP contribution in [0.3, 0.4) is 0 Å². The molecule has 0 amide bonds.